The van der Waals surface area contributed by atoms with Gasteiger partial charge in [-0.2, -0.15) is 0 Å². The van der Waals surface area contributed by atoms with E-state index in [-0.39, 0.29) is 5.75 Å². The van der Waals surface area contributed by atoms with Gasteiger partial charge < -0.3 is 5.11 Å². The molecule has 0 amide bonds. The van der Waals surface area contributed by atoms with Crippen molar-refractivity contribution in [2.24, 2.45) is 0 Å². The highest BCUT2D eigenvalue weighted by atomic mass is 79.9. The van der Waals surface area contributed by atoms with E-state index in [2.05, 4.69) is 15.9 Å². The molecular formula is C12H17BrO3S. The number of hydrogen-bond donors (Lipinski definition) is 1. The first-order chi connectivity index (χ1) is 7.79. The smallest absolute Gasteiger partial charge is 0.147 e. The molecule has 0 aliphatic rings. The van der Waals surface area contributed by atoms with Crippen molar-refractivity contribution in [3.63, 3.8) is 0 Å². The van der Waals surface area contributed by atoms with Crippen LogP contribution in [0.15, 0.2) is 22.7 Å². The molecule has 1 aromatic rings. The predicted octanol–water partition coefficient (Wildman–Crippen LogP) is 2.62. The van der Waals surface area contributed by atoms with Gasteiger partial charge in [-0.05, 0) is 37.0 Å². The maximum absolute atomic E-state index is 11.0. The molecule has 0 bridgehead atoms. The first kappa shape index (κ1) is 14.7. The summed E-state index contributed by atoms with van der Waals surface area (Å²) in [5.41, 5.74) is 1.92. The maximum Gasteiger partial charge on any atom is 0.147 e. The second kappa shape index (κ2) is 5.98. The van der Waals surface area contributed by atoms with E-state index in [4.69, 9.17) is 0 Å². The van der Waals surface area contributed by atoms with Crippen LogP contribution in [0.1, 0.15) is 30.1 Å². The number of aliphatic hydroxyl groups excluding tert-OH is 1. The molecule has 0 heterocycles. The van der Waals surface area contributed by atoms with Crippen molar-refractivity contribution in [1.82, 2.24) is 0 Å². The highest BCUT2D eigenvalue weighted by Gasteiger charge is 2.10. The average molecular weight is 321 g/mol. The first-order valence-electron chi connectivity index (χ1n) is 5.41. The largest absolute Gasteiger partial charge is 0.388 e. The topological polar surface area (TPSA) is 54.4 Å². The molecule has 3 nitrogen and oxygen atoms in total. The third kappa shape index (κ3) is 5.19. The quantitative estimate of drug-likeness (QED) is 0.907. The summed E-state index contributed by atoms with van der Waals surface area (Å²) in [4.78, 5) is 0. The summed E-state index contributed by atoms with van der Waals surface area (Å²) in [7, 11) is -2.94. The fourth-order valence-electron chi connectivity index (χ4n) is 1.52. The Labute approximate surface area is 111 Å². The average Bonchev–Trinajstić information content (AvgIpc) is 2.20. The lowest BCUT2D eigenvalue weighted by molar-refractivity contribution is 0.166. The first-order valence-corrected chi connectivity index (χ1v) is 8.27. The van der Waals surface area contributed by atoms with E-state index >= 15 is 0 Å². The number of halogens is 1. The Kier molecular flexibility index (Phi) is 5.16. The molecule has 5 heteroatoms. The van der Waals surface area contributed by atoms with Crippen molar-refractivity contribution >= 4 is 25.8 Å². The van der Waals surface area contributed by atoms with Crippen molar-refractivity contribution in [1.29, 1.82) is 0 Å². The summed E-state index contributed by atoms with van der Waals surface area (Å²) in [5, 5.41) is 9.92. The molecule has 0 spiro atoms. The molecule has 0 fully saturated rings. The van der Waals surface area contributed by atoms with Gasteiger partial charge in [-0.25, -0.2) is 8.42 Å². The van der Waals surface area contributed by atoms with Crippen molar-refractivity contribution in [2.45, 2.75) is 25.9 Å². The summed E-state index contributed by atoms with van der Waals surface area (Å²) >= 11 is 3.41. The molecule has 96 valence electrons. The monoisotopic (exact) mass is 320 g/mol. The van der Waals surface area contributed by atoms with Gasteiger partial charge in [0.1, 0.15) is 9.84 Å². The van der Waals surface area contributed by atoms with E-state index in [1.54, 1.807) is 0 Å². The number of benzene rings is 1. The minimum absolute atomic E-state index is 0.122. The van der Waals surface area contributed by atoms with Crippen LogP contribution in [0.25, 0.3) is 0 Å². The summed E-state index contributed by atoms with van der Waals surface area (Å²) in [6.07, 6.45) is 1.55. The second-order valence-electron chi connectivity index (χ2n) is 4.30. The Bertz CT molecular complexity index is 483. The lowest BCUT2D eigenvalue weighted by Crippen LogP contribution is -2.05. The van der Waals surface area contributed by atoms with E-state index in [0.717, 1.165) is 15.6 Å². The minimum Gasteiger partial charge on any atom is -0.388 e. The molecule has 1 N–H and O–H groups in total. The molecule has 1 atom stereocenters. The molecule has 0 aromatic heterocycles. The Hall–Kier alpha value is -0.390. The number of rotatable bonds is 5. The van der Waals surface area contributed by atoms with Crippen LogP contribution >= 0.6 is 15.9 Å². The highest BCUT2D eigenvalue weighted by molar-refractivity contribution is 9.10. The molecule has 17 heavy (non-hydrogen) atoms. The van der Waals surface area contributed by atoms with Crippen LogP contribution in [-0.4, -0.2) is 25.5 Å². The van der Waals surface area contributed by atoms with Gasteiger partial charge >= 0.3 is 0 Å². The zero-order valence-electron chi connectivity index (χ0n) is 9.98. The van der Waals surface area contributed by atoms with Gasteiger partial charge in [0.2, 0.25) is 0 Å². The van der Waals surface area contributed by atoms with Crippen LogP contribution in [0.5, 0.6) is 0 Å². The van der Waals surface area contributed by atoms with E-state index < -0.39 is 15.9 Å². The van der Waals surface area contributed by atoms with Gasteiger partial charge in [-0.1, -0.05) is 28.1 Å². The zero-order valence-corrected chi connectivity index (χ0v) is 12.4. The second-order valence-corrected chi connectivity index (χ2v) is 7.41. The van der Waals surface area contributed by atoms with Crippen LogP contribution in [0.4, 0.5) is 0 Å². The molecular weight excluding hydrogens is 304 g/mol. The maximum atomic E-state index is 11.0. The highest BCUT2D eigenvalue weighted by Crippen LogP contribution is 2.24. The third-order valence-corrected chi connectivity index (χ3v) is 4.46. The Morgan fingerprint density at radius 1 is 1.41 bits per heavy atom. The molecule has 0 aliphatic heterocycles. The number of aryl methyl sites for hydroxylation is 1. The standard InChI is InChI=1S/C12H17BrO3S/c1-9-5-6-10(8-11(9)13)12(14)4-3-7-17(2,15)16/h5-6,8,12,14H,3-4,7H2,1-2H3. The summed E-state index contributed by atoms with van der Waals surface area (Å²) in [6.45, 7) is 1.98. The van der Waals surface area contributed by atoms with Crippen LogP contribution in [0.3, 0.4) is 0 Å². The summed E-state index contributed by atoms with van der Waals surface area (Å²) < 4.78 is 22.9. The van der Waals surface area contributed by atoms with Gasteiger partial charge in [0.25, 0.3) is 0 Å². The molecule has 1 unspecified atom stereocenters. The van der Waals surface area contributed by atoms with Crippen LogP contribution in [-0.2, 0) is 9.84 Å². The van der Waals surface area contributed by atoms with Crippen LogP contribution < -0.4 is 0 Å². The molecule has 0 saturated heterocycles. The van der Waals surface area contributed by atoms with Crippen molar-refractivity contribution in [2.75, 3.05) is 12.0 Å². The van der Waals surface area contributed by atoms with E-state index in [0.29, 0.717) is 12.8 Å². The lowest BCUT2D eigenvalue weighted by atomic mass is 10.0. The van der Waals surface area contributed by atoms with Crippen molar-refractivity contribution in [3.05, 3.63) is 33.8 Å². The molecule has 0 saturated carbocycles. The minimum atomic E-state index is -2.94. The van der Waals surface area contributed by atoms with Gasteiger partial charge in [0.05, 0.1) is 6.10 Å². The lowest BCUT2D eigenvalue weighted by Gasteiger charge is -2.11. The number of sulfone groups is 1. The van der Waals surface area contributed by atoms with E-state index in [1.165, 1.54) is 6.26 Å². The van der Waals surface area contributed by atoms with E-state index in [1.807, 2.05) is 25.1 Å². The van der Waals surface area contributed by atoms with Crippen LogP contribution in [0.2, 0.25) is 0 Å². The fourth-order valence-corrected chi connectivity index (χ4v) is 2.61. The third-order valence-electron chi connectivity index (χ3n) is 2.57. The predicted molar refractivity (Wildman–Crippen MR) is 72.8 cm³/mol. The number of hydrogen-bond acceptors (Lipinski definition) is 3. The zero-order chi connectivity index (χ0) is 13.1. The SMILES string of the molecule is Cc1ccc(C(O)CCCS(C)(=O)=O)cc1Br. The summed E-state index contributed by atoms with van der Waals surface area (Å²) in [5.74, 6) is 0.122. The number of aliphatic hydroxyl groups is 1. The summed E-state index contributed by atoms with van der Waals surface area (Å²) in [6, 6.07) is 5.67. The Morgan fingerprint density at radius 2 is 2.06 bits per heavy atom. The van der Waals surface area contributed by atoms with Gasteiger partial charge in [-0.3, -0.25) is 0 Å². The Morgan fingerprint density at radius 3 is 2.59 bits per heavy atom. The fraction of sp³-hybridized carbons (Fsp3) is 0.500. The van der Waals surface area contributed by atoms with Crippen molar-refractivity contribution < 1.29 is 13.5 Å². The molecule has 0 aliphatic carbocycles. The Balaban J connectivity index is 2.58. The van der Waals surface area contributed by atoms with Crippen LogP contribution in [0, 0.1) is 6.92 Å². The molecule has 1 aromatic carbocycles. The normalized spacial score (nSPS) is 13.6. The van der Waals surface area contributed by atoms with Crippen molar-refractivity contribution in [3.8, 4) is 0 Å². The van der Waals surface area contributed by atoms with Gasteiger partial charge in [0, 0.05) is 16.5 Å². The molecule has 1 rings (SSSR count). The van der Waals surface area contributed by atoms with Gasteiger partial charge in [-0.15, -0.1) is 0 Å². The van der Waals surface area contributed by atoms with Gasteiger partial charge in [0.15, 0.2) is 0 Å². The molecule has 0 radical (unpaired) electrons. The van der Waals surface area contributed by atoms with E-state index in [9.17, 15) is 13.5 Å².